The number of carbonyl (C=O) groups is 1. The van der Waals surface area contributed by atoms with Gasteiger partial charge in [0.2, 0.25) is 5.91 Å². The van der Waals surface area contributed by atoms with Gasteiger partial charge in [-0.05, 0) is 30.5 Å². The molecule has 0 spiro atoms. The summed E-state index contributed by atoms with van der Waals surface area (Å²) in [6.45, 7) is 6.78. The number of rotatable bonds is 6. The van der Waals surface area contributed by atoms with Gasteiger partial charge in [-0.2, -0.15) is 0 Å². The van der Waals surface area contributed by atoms with Crippen molar-refractivity contribution >= 4 is 41.5 Å². The standard InChI is InChI=1S/C16H22Cl2N2O.ClH/c1-3-16(4-2,12-5-6-13(17)14(18)7-12)15(21)20-10-11-8-19-9-11;/h5-7,11,19H,3-4,8-10H2,1-2H3,(H,20,21);1H. The Hall–Kier alpha value is -0.480. The lowest BCUT2D eigenvalue weighted by molar-refractivity contribution is -0.127. The second kappa shape index (κ2) is 8.39. The van der Waals surface area contributed by atoms with Gasteiger partial charge in [-0.15, -0.1) is 12.4 Å². The number of nitrogens with one attached hydrogen (secondary N) is 2. The van der Waals surface area contributed by atoms with Gasteiger partial charge in [0.05, 0.1) is 15.5 Å². The van der Waals surface area contributed by atoms with E-state index in [9.17, 15) is 4.79 Å². The van der Waals surface area contributed by atoms with Crippen LogP contribution in [-0.4, -0.2) is 25.5 Å². The summed E-state index contributed by atoms with van der Waals surface area (Å²) in [5.41, 5.74) is 0.400. The molecule has 6 heteroatoms. The summed E-state index contributed by atoms with van der Waals surface area (Å²) in [6, 6.07) is 5.50. The third-order valence-corrected chi connectivity index (χ3v) is 5.27. The van der Waals surface area contributed by atoms with Crippen molar-refractivity contribution in [1.29, 1.82) is 0 Å². The summed E-state index contributed by atoms with van der Waals surface area (Å²) in [5, 5.41) is 7.33. The highest BCUT2D eigenvalue weighted by atomic mass is 35.5. The molecule has 3 nitrogen and oxygen atoms in total. The highest BCUT2D eigenvalue weighted by Gasteiger charge is 2.37. The van der Waals surface area contributed by atoms with Crippen molar-refractivity contribution in [3.05, 3.63) is 33.8 Å². The van der Waals surface area contributed by atoms with E-state index in [1.807, 2.05) is 26.0 Å². The first-order valence-corrected chi connectivity index (χ1v) is 8.23. The molecule has 1 amide bonds. The van der Waals surface area contributed by atoms with Crippen molar-refractivity contribution in [3.8, 4) is 0 Å². The fourth-order valence-corrected chi connectivity index (χ4v) is 3.10. The molecule has 1 aliphatic rings. The molecular formula is C16H23Cl3N2O. The summed E-state index contributed by atoms with van der Waals surface area (Å²) < 4.78 is 0. The van der Waals surface area contributed by atoms with E-state index >= 15 is 0 Å². The van der Waals surface area contributed by atoms with Crippen LogP contribution in [0.15, 0.2) is 18.2 Å². The van der Waals surface area contributed by atoms with E-state index in [1.54, 1.807) is 6.07 Å². The SMILES string of the molecule is CCC(CC)(C(=O)NCC1CNC1)c1ccc(Cl)c(Cl)c1.Cl. The highest BCUT2D eigenvalue weighted by Crippen LogP contribution is 2.35. The summed E-state index contributed by atoms with van der Waals surface area (Å²) in [5.74, 6) is 0.631. The van der Waals surface area contributed by atoms with E-state index in [4.69, 9.17) is 23.2 Å². The van der Waals surface area contributed by atoms with Gasteiger partial charge in [-0.1, -0.05) is 43.1 Å². The number of halogens is 3. The first-order valence-electron chi connectivity index (χ1n) is 7.48. The molecule has 124 valence electrons. The van der Waals surface area contributed by atoms with Gasteiger partial charge in [0, 0.05) is 25.6 Å². The quantitative estimate of drug-likeness (QED) is 0.805. The molecule has 0 aliphatic carbocycles. The van der Waals surface area contributed by atoms with Crippen LogP contribution in [0.4, 0.5) is 0 Å². The van der Waals surface area contributed by atoms with Gasteiger partial charge in [-0.25, -0.2) is 0 Å². The fourth-order valence-electron chi connectivity index (χ4n) is 2.80. The van der Waals surface area contributed by atoms with Crippen LogP contribution < -0.4 is 10.6 Å². The van der Waals surface area contributed by atoms with Gasteiger partial charge in [0.15, 0.2) is 0 Å². The van der Waals surface area contributed by atoms with Crippen LogP contribution in [-0.2, 0) is 10.2 Å². The minimum atomic E-state index is -0.536. The van der Waals surface area contributed by atoms with Gasteiger partial charge < -0.3 is 10.6 Å². The maximum absolute atomic E-state index is 12.8. The first kappa shape index (κ1) is 19.6. The fraction of sp³-hybridized carbons (Fsp3) is 0.562. The Morgan fingerprint density at radius 1 is 1.27 bits per heavy atom. The first-order chi connectivity index (χ1) is 10.0. The third kappa shape index (κ3) is 3.88. The minimum Gasteiger partial charge on any atom is -0.355 e. The predicted molar refractivity (Wildman–Crippen MR) is 95.3 cm³/mol. The van der Waals surface area contributed by atoms with Crippen LogP contribution in [0, 0.1) is 5.92 Å². The van der Waals surface area contributed by atoms with Gasteiger partial charge in [0.25, 0.3) is 0 Å². The Morgan fingerprint density at radius 3 is 2.36 bits per heavy atom. The van der Waals surface area contributed by atoms with Crippen LogP contribution in [0.25, 0.3) is 0 Å². The van der Waals surface area contributed by atoms with E-state index in [0.29, 0.717) is 16.0 Å². The molecule has 0 radical (unpaired) electrons. The molecular weight excluding hydrogens is 343 g/mol. The molecule has 22 heavy (non-hydrogen) atoms. The lowest BCUT2D eigenvalue weighted by atomic mass is 9.75. The van der Waals surface area contributed by atoms with Crippen molar-refractivity contribution < 1.29 is 4.79 Å². The Bertz CT molecular complexity index is 514. The maximum atomic E-state index is 12.8. The molecule has 0 aromatic heterocycles. The maximum Gasteiger partial charge on any atom is 0.230 e. The zero-order valence-electron chi connectivity index (χ0n) is 12.9. The zero-order chi connectivity index (χ0) is 15.5. The summed E-state index contributed by atoms with van der Waals surface area (Å²) in [6.07, 6.45) is 1.46. The Labute approximate surface area is 148 Å². The average molecular weight is 366 g/mol. The van der Waals surface area contributed by atoms with Crippen LogP contribution >= 0.6 is 35.6 Å². The van der Waals surface area contributed by atoms with E-state index in [-0.39, 0.29) is 18.3 Å². The van der Waals surface area contributed by atoms with E-state index in [0.717, 1.165) is 38.0 Å². The van der Waals surface area contributed by atoms with Crippen molar-refractivity contribution in [3.63, 3.8) is 0 Å². The summed E-state index contributed by atoms with van der Waals surface area (Å²) >= 11 is 12.1. The number of hydrogen-bond acceptors (Lipinski definition) is 2. The smallest absolute Gasteiger partial charge is 0.230 e. The number of carbonyl (C=O) groups excluding carboxylic acids is 1. The monoisotopic (exact) mass is 364 g/mol. The molecule has 1 saturated heterocycles. The highest BCUT2D eigenvalue weighted by molar-refractivity contribution is 6.42. The molecule has 0 atom stereocenters. The lowest BCUT2D eigenvalue weighted by Crippen LogP contribution is -2.51. The normalized spacial score (nSPS) is 14.9. The second-order valence-electron chi connectivity index (χ2n) is 5.65. The zero-order valence-corrected chi connectivity index (χ0v) is 15.2. The third-order valence-electron chi connectivity index (χ3n) is 4.53. The second-order valence-corrected chi connectivity index (χ2v) is 6.47. The lowest BCUT2D eigenvalue weighted by Gasteiger charge is -2.33. The van der Waals surface area contributed by atoms with E-state index in [1.165, 1.54) is 0 Å². The van der Waals surface area contributed by atoms with Crippen LogP contribution in [0.3, 0.4) is 0 Å². The summed E-state index contributed by atoms with van der Waals surface area (Å²) in [4.78, 5) is 12.8. The van der Waals surface area contributed by atoms with E-state index < -0.39 is 5.41 Å². The van der Waals surface area contributed by atoms with Gasteiger partial charge in [-0.3, -0.25) is 4.79 Å². The largest absolute Gasteiger partial charge is 0.355 e. The Kier molecular flexibility index (Phi) is 7.47. The van der Waals surface area contributed by atoms with Crippen molar-refractivity contribution in [2.24, 2.45) is 5.92 Å². The molecule has 2 N–H and O–H groups in total. The van der Waals surface area contributed by atoms with Crippen LogP contribution in [0.2, 0.25) is 10.0 Å². The number of benzene rings is 1. The molecule has 1 heterocycles. The van der Waals surface area contributed by atoms with Crippen molar-refractivity contribution in [2.75, 3.05) is 19.6 Å². The topological polar surface area (TPSA) is 41.1 Å². The number of hydrogen-bond donors (Lipinski definition) is 2. The van der Waals surface area contributed by atoms with Crippen molar-refractivity contribution in [1.82, 2.24) is 10.6 Å². The molecule has 0 saturated carbocycles. The molecule has 1 aromatic rings. The minimum absolute atomic E-state index is 0. The molecule has 1 aliphatic heterocycles. The van der Waals surface area contributed by atoms with Crippen molar-refractivity contribution in [2.45, 2.75) is 32.1 Å². The van der Waals surface area contributed by atoms with Gasteiger partial charge in [0.1, 0.15) is 0 Å². The van der Waals surface area contributed by atoms with Crippen LogP contribution in [0.5, 0.6) is 0 Å². The summed E-state index contributed by atoms with van der Waals surface area (Å²) in [7, 11) is 0. The van der Waals surface area contributed by atoms with Crippen LogP contribution in [0.1, 0.15) is 32.3 Å². The Morgan fingerprint density at radius 2 is 1.91 bits per heavy atom. The molecule has 0 bridgehead atoms. The molecule has 1 aromatic carbocycles. The average Bonchev–Trinajstić information content (AvgIpc) is 2.43. The van der Waals surface area contributed by atoms with Gasteiger partial charge >= 0.3 is 0 Å². The number of amides is 1. The molecule has 0 unspecified atom stereocenters. The predicted octanol–water partition coefficient (Wildman–Crippen LogP) is 3.81. The molecule has 2 rings (SSSR count). The molecule has 1 fully saturated rings. The Balaban J connectivity index is 0.00000242. The van der Waals surface area contributed by atoms with E-state index in [2.05, 4.69) is 10.6 Å².